The van der Waals surface area contributed by atoms with E-state index in [2.05, 4.69) is 25.7 Å². The molecular formula is C16H31NO3. The number of hydrogen-bond acceptors (Lipinski definition) is 4. The molecular weight excluding hydrogens is 254 g/mol. The standard InChI is InChI=1S/C16H31NO3/c1-6-19-12-8-7-9-17(10-12)11-13-14(18)16(4,5)20-15(13,2)3/h12-14,18H,6-11H2,1-5H3. The number of aliphatic hydroxyl groups excluding tert-OH is 1. The first-order valence-electron chi connectivity index (χ1n) is 7.98. The van der Waals surface area contributed by atoms with E-state index in [1.54, 1.807) is 0 Å². The minimum Gasteiger partial charge on any atom is -0.390 e. The average Bonchev–Trinajstić information content (AvgIpc) is 2.49. The third kappa shape index (κ3) is 3.35. The SMILES string of the molecule is CCOC1CCCN(CC2C(O)C(C)(C)OC2(C)C)C1. The van der Waals surface area contributed by atoms with Crippen LogP contribution in [0.3, 0.4) is 0 Å². The predicted molar refractivity (Wildman–Crippen MR) is 79.8 cm³/mol. The van der Waals surface area contributed by atoms with Crippen molar-refractivity contribution in [2.24, 2.45) is 5.92 Å². The molecule has 2 saturated heterocycles. The van der Waals surface area contributed by atoms with E-state index in [1.165, 1.54) is 6.42 Å². The fourth-order valence-electron chi connectivity index (χ4n) is 3.83. The Labute approximate surface area is 123 Å². The molecule has 0 aliphatic carbocycles. The van der Waals surface area contributed by atoms with Gasteiger partial charge in [-0.3, -0.25) is 0 Å². The van der Waals surface area contributed by atoms with Gasteiger partial charge in [0.2, 0.25) is 0 Å². The van der Waals surface area contributed by atoms with Crippen LogP contribution in [-0.2, 0) is 9.47 Å². The molecule has 0 saturated carbocycles. The smallest absolute Gasteiger partial charge is 0.0896 e. The lowest BCUT2D eigenvalue weighted by Crippen LogP contribution is -2.48. The highest BCUT2D eigenvalue weighted by molar-refractivity contribution is 5.02. The highest BCUT2D eigenvalue weighted by Crippen LogP contribution is 2.42. The summed E-state index contributed by atoms with van der Waals surface area (Å²) in [5.74, 6) is 0.151. The number of ether oxygens (including phenoxy) is 2. The predicted octanol–water partition coefficient (Wildman–Crippen LogP) is 2.05. The summed E-state index contributed by atoms with van der Waals surface area (Å²) in [6.45, 7) is 14.0. The Balaban J connectivity index is 1.98. The Hall–Kier alpha value is -0.160. The summed E-state index contributed by atoms with van der Waals surface area (Å²) in [6, 6.07) is 0. The Morgan fingerprint density at radius 2 is 1.95 bits per heavy atom. The topological polar surface area (TPSA) is 41.9 Å². The van der Waals surface area contributed by atoms with Crippen LogP contribution >= 0.6 is 0 Å². The van der Waals surface area contributed by atoms with Crippen LogP contribution in [0.1, 0.15) is 47.5 Å². The zero-order valence-corrected chi connectivity index (χ0v) is 13.7. The van der Waals surface area contributed by atoms with Gasteiger partial charge in [-0.25, -0.2) is 0 Å². The van der Waals surface area contributed by atoms with Crippen molar-refractivity contribution in [2.45, 2.75) is 70.9 Å². The third-order valence-electron chi connectivity index (χ3n) is 4.83. The summed E-state index contributed by atoms with van der Waals surface area (Å²) in [4.78, 5) is 2.43. The van der Waals surface area contributed by atoms with Gasteiger partial charge in [-0.1, -0.05) is 0 Å². The summed E-state index contributed by atoms with van der Waals surface area (Å²) in [5.41, 5.74) is -0.731. The lowest BCUT2D eigenvalue weighted by atomic mass is 9.84. The van der Waals surface area contributed by atoms with E-state index < -0.39 is 11.7 Å². The van der Waals surface area contributed by atoms with Crippen LogP contribution in [0.2, 0.25) is 0 Å². The van der Waals surface area contributed by atoms with Crippen molar-refractivity contribution in [1.29, 1.82) is 0 Å². The Morgan fingerprint density at radius 3 is 2.50 bits per heavy atom. The van der Waals surface area contributed by atoms with Crippen LogP contribution in [0.4, 0.5) is 0 Å². The van der Waals surface area contributed by atoms with Crippen molar-refractivity contribution >= 4 is 0 Å². The normalized spacial score (nSPS) is 37.2. The van der Waals surface area contributed by atoms with Gasteiger partial charge in [0, 0.05) is 25.6 Å². The van der Waals surface area contributed by atoms with Crippen LogP contribution in [-0.4, -0.2) is 59.7 Å². The van der Waals surface area contributed by atoms with Crippen LogP contribution in [0.15, 0.2) is 0 Å². The molecule has 1 N–H and O–H groups in total. The molecule has 2 aliphatic heterocycles. The first kappa shape index (κ1) is 16.2. The number of aliphatic hydroxyl groups is 1. The van der Waals surface area contributed by atoms with E-state index in [4.69, 9.17) is 9.47 Å². The maximum atomic E-state index is 10.6. The maximum Gasteiger partial charge on any atom is 0.0896 e. The first-order valence-corrected chi connectivity index (χ1v) is 7.98. The molecule has 0 aromatic heterocycles. The van der Waals surface area contributed by atoms with Crippen molar-refractivity contribution in [3.63, 3.8) is 0 Å². The van der Waals surface area contributed by atoms with Crippen molar-refractivity contribution in [3.8, 4) is 0 Å². The number of likely N-dealkylation sites (tertiary alicyclic amines) is 1. The van der Waals surface area contributed by atoms with Gasteiger partial charge >= 0.3 is 0 Å². The second-order valence-electron chi connectivity index (χ2n) is 7.34. The van der Waals surface area contributed by atoms with E-state index in [9.17, 15) is 5.11 Å². The van der Waals surface area contributed by atoms with Gasteiger partial charge in [-0.05, 0) is 54.0 Å². The number of nitrogens with zero attached hydrogens (tertiary/aromatic N) is 1. The van der Waals surface area contributed by atoms with E-state index in [0.29, 0.717) is 6.10 Å². The average molecular weight is 285 g/mol. The molecule has 4 nitrogen and oxygen atoms in total. The van der Waals surface area contributed by atoms with Gasteiger partial charge < -0.3 is 19.5 Å². The van der Waals surface area contributed by atoms with E-state index in [1.807, 2.05) is 13.8 Å². The molecule has 2 fully saturated rings. The fraction of sp³-hybridized carbons (Fsp3) is 1.00. The van der Waals surface area contributed by atoms with Crippen molar-refractivity contribution < 1.29 is 14.6 Å². The molecule has 3 unspecified atom stereocenters. The zero-order valence-electron chi connectivity index (χ0n) is 13.7. The van der Waals surface area contributed by atoms with Gasteiger partial charge in [-0.2, -0.15) is 0 Å². The highest BCUT2D eigenvalue weighted by atomic mass is 16.5. The molecule has 4 heteroatoms. The molecule has 0 aromatic rings. The highest BCUT2D eigenvalue weighted by Gasteiger charge is 2.53. The van der Waals surface area contributed by atoms with Gasteiger partial charge in [-0.15, -0.1) is 0 Å². The zero-order chi connectivity index (χ0) is 15.0. The monoisotopic (exact) mass is 285 g/mol. The van der Waals surface area contributed by atoms with E-state index in [-0.39, 0.29) is 11.5 Å². The summed E-state index contributed by atoms with van der Waals surface area (Å²) in [6.07, 6.45) is 2.27. The molecule has 0 amide bonds. The minimum absolute atomic E-state index is 0.151. The lowest BCUT2D eigenvalue weighted by molar-refractivity contribution is -0.0918. The molecule has 2 aliphatic rings. The van der Waals surface area contributed by atoms with Crippen LogP contribution in [0.5, 0.6) is 0 Å². The van der Waals surface area contributed by atoms with Crippen LogP contribution in [0, 0.1) is 5.92 Å². The van der Waals surface area contributed by atoms with Crippen molar-refractivity contribution in [1.82, 2.24) is 4.90 Å². The summed E-state index contributed by atoms with van der Waals surface area (Å²) >= 11 is 0. The van der Waals surface area contributed by atoms with E-state index in [0.717, 1.165) is 32.7 Å². The van der Waals surface area contributed by atoms with Gasteiger partial charge in [0.1, 0.15) is 0 Å². The van der Waals surface area contributed by atoms with Crippen LogP contribution < -0.4 is 0 Å². The van der Waals surface area contributed by atoms with Gasteiger partial charge in [0.15, 0.2) is 0 Å². The molecule has 0 aromatic carbocycles. The lowest BCUT2D eigenvalue weighted by Gasteiger charge is -2.37. The fourth-order valence-corrected chi connectivity index (χ4v) is 3.83. The number of piperidine rings is 1. The molecule has 20 heavy (non-hydrogen) atoms. The first-order chi connectivity index (χ1) is 9.26. The minimum atomic E-state index is -0.455. The molecule has 0 spiro atoms. The Bertz CT molecular complexity index is 328. The van der Waals surface area contributed by atoms with E-state index >= 15 is 0 Å². The third-order valence-corrected chi connectivity index (χ3v) is 4.83. The second-order valence-corrected chi connectivity index (χ2v) is 7.34. The largest absolute Gasteiger partial charge is 0.390 e. The molecule has 0 bridgehead atoms. The summed E-state index contributed by atoms with van der Waals surface area (Å²) in [7, 11) is 0. The van der Waals surface area contributed by atoms with Gasteiger partial charge in [0.25, 0.3) is 0 Å². The van der Waals surface area contributed by atoms with Crippen molar-refractivity contribution in [2.75, 3.05) is 26.2 Å². The summed E-state index contributed by atoms with van der Waals surface area (Å²) < 4.78 is 11.8. The maximum absolute atomic E-state index is 10.6. The Morgan fingerprint density at radius 1 is 1.25 bits per heavy atom. The number of hydrogen-bond donors (Lipinski definition) is 1. The summed E-state index contributed by atoms with van der Waals surface area (Å²) in [5, 5.41) is 10.6. The second kappa shape index (κ2) is 5.91. The van der Waals surface area contributed by atoms with Gasteiger partial charge in [0.05, 0.1) is 23.4 Å². The van der Waals surface area contributed by atoms with Crippen LogP contribution in [0.25, 0.3) is 0 Å². The molecule has 0 radical (unpaired) electrons. The Kier molecular flexibility index (Phi) is 4.80. The molecule has 118 valence electrons. The molecule has 2 heterocycles. The number of rotatable bonds is 4. The van der Waals surface area contributed by atoms with Crippen molar-refractivity contribution in [3.05, 3.63) is 0 Å². The quantitative estimate of drug-likeness (QED) is 0.858. The molecule has 2 rings (SSSR count). The molecule has 3 atom stereocenters.